The van der Waals surface area contributed by atoms with Crippen molar-refractivity contribution in [3.05, 3.63) is 66.0 Å². The highest BCUT2D eigenvalue weighted by atomic mass is 16.2. The first-order valence-electron chi connectivity index (χ1n) is 8.29. The monoisotopic (exact) mass is 323 g/mol. The summed E-state index contributed by atoms with van der Waals surface area (Å²) in [4.78, 5) is 31.2. The molecule has 2 heterocycles. The summed E-state index contributed by atoms with van der Waals surface area (Å²) < 4.78 is 0. The van der Waals surface area contributed by atoms with Crippen molar-refractivity contribution in [2.45, 2.75) is 31.8 Å². The number of nitrogens with zero attached hydrogens (tertiary/aromatic N) is 2. The highest BCUT2D eigenvalue weighted by Gasteiger charge is 2.32. The van der Waals surface area contributed by atoms with Gasteiger partial charge in [-0.3, -0.25) is 14.6 Å². The first-order valence-corrected chi connectivity index (χ1v) is 8.29. The zero-order chi connectivity index (χ0) is 16.8. The highest BCUT2D eigenvalue weighted by molar-refractivity contribution is 5.97. The van der Waals surface area contributed by atoms with E-state index in [9.17, 15) is 9.59 Å². The lowest BCUT2D eigenvalue weighted by atomic mass is 10.00. The number of aromatic nitrogens is 1. The van der Waals surface area contributed by atoms with Crippen LogP contribution in [0.4, 0.5) is 0 Å². The predicted octanol–water partition coefficient (Wildman–Crippen LogP) is 2.39. The lowest BCUT2D eigenvalue weighted by molar-refractivity contribution is -0.126. The van der Waals surface area contributed by atoms with Crippen LogP contribution in [0.2, 0.25) is 0 Å². The molecular formula is C19H21N3O2. The predicted molar refractivity (Wildman–Crippen MR) is 91.2 cm³/mol. The minimum Gasteiger partial charge on any atom is -0.349 e. The molecule has 1 saturated heterocycles. The fourth-order valence-corrected chi connectivity index (χ4v) is 2.99. The van der Waals surface area contributed by atoms with Crippen LogP contribution in [0.15, 0.2) is 54.7 Å². The van der Waals surface area contributed by atoms with E-state index >= 15 is 0 Å². The number of carbonyl (C=O) groups is 2. The van der Waals surface area contributed by atoms with Crippen LogP contribution in [0, 0.1) is 0 Å². The number of carbonyl (C=O) groups excluding carboxylic acids is 2. The van der Waals surface area contributed by atoms with E-state index in [-0.39, 0.29) is 11.8 Å². The van der Waals surface area contributed by atoms with Gasteiger partial charge >= 0.3 is 0 Å². The van der Waals surface area contributed by atoms with Crippen molar-refractivity contribution in [1.29, 1.82) is 0 Å². The second-order valence-corrected chi connectivity index (χ2v) is 5.92. The number of hydrogen-bond donors (Lipinski definition) is 1. The quantitative estimate of drug-likeness (QED) is 0.940. The minimum atomic E-state index is -0.407. The van der Waals surface area contributed by atoms with E-state index in [0.717, 1.165) is 18.5 Å². The summed E-state index contributed by atoms with van der Waals surface area (Å²) in [5.74, 6) is -0.182. The number of amides is 2. The Morgan fingerprint density at radius 1 is 1.08 bits per heavy atom. The number of hydrogen-bond acceptors (Lipinski definition) is 3. The SMILES string of the molecule is O=C(NCc1ccccn1)C1CCCCN1C(=O)c1ccccc1. The Bertz CT molecular complexity index is 688. The lowest BCUT2D eigenvalue weighted by Crippen LogP contribution is -2.51. The van der Waals surface area contributed by atoms with Crippen molar-refractivity contribution < 1.29 is 9.59 Å². The van der Waals surface area contributed by atoms with Crippen LogP contribution in [0.5, 0.6) is 0 Å². The molecule has 0 spiro atoms. The maximum absolute atomic E-state index is 12.7. The van der Waals surface area contributed by atoms with E-state index in [1.54, 1.807) is 23.2 Å². The Kier molecular flexibility index (Phi) is 5.21. The van der Waals surface area contributed by atoms with Crippen LogP contribution < -0.4 is 5.32 Å². The molecule has 3 rings (SSSR count). The van der Waals surface area contributed by atoms with Gasteiger partial charge in [-0.05, 0) is 43.5 Å². The minimum absolute atomic E-state index is 0.0757. The molecule has 0 bridgehead atoms. The van der Waals surface area contributed by atoms with E-state index in [0.29, 0.717) is 25.1 Å². The summed E-state index contributed by atoms with van der Waals surface area (Å²) in [7, 11) is 0. The zero-order valence-electron chi connectivity index (χ0n) is 13.5. The number of pyridine rings is 1. The summed E-state index contributed by atoms with van der Waals surface area (Å²) in [5.41, 5.74) is 1.43. The fraction of sp³-hybridized carbons (Fsp3) is 0.316. The molecule has 0 radical (unpaired) electrons. The van der Waals surface area contributed by atoms with Gasteiger partial charge in [0.05, 0.1) is 12.2 Å². The third-order valence-electron chi connectivity index (χ3n) is 4.26. The van der Waals surface area contributed by atoms with E-state index in [1.165, 1.54) is 0 Å². The van der Waals surface area contributed by atoms with Crippen molar-refractivity contribution in [1.82, 2.24) is 15.2 Å². The third kappa shape index (κ3) is 3.79. The molecule has 0 saturated carbocycles. The van der Waals surface area contributed by atoms with Gasteiger partial charge in [0.2, 0.25) is 5.91 Å². The standard InChI is InChI=1S/C19H21N3O2/c23-18(21-14-16-10-4-6-12-20-16)17-11-5-7-13-22(17)19(24)15-8-2-1-3-9-15/h1-4,6,8-10,12,17H,5,7,11,13-14H2,(H,21,23). The van der Waals surface area contributed by atoms with Crippen molar-refractivity contribution in [2.24, 2.45) is 0 Å². The van der Waals surface area contributed by atoms with Crippen molar-refractivity contribution in [3.8, 4) is 0 Å². The van der Waals surface area contributed by atoms with Gasteiger partial charge in [0.25, 0.3) is 5.91 Å². The first-order chi connectivity index (χ1) is 11.8. The van der Waals surface area contributed by atoms with E-state index in [1.807, 2.05) is 36.4 Å². The summed E-state index contributed by atoms with van der Waals surface area (Å²) in [6.07, 6.45) is 4.29. The molecule has 0 aliphatic carbocycles. The maximum Gasteiger partial charge on any atom is 0.254 e. The fourth-order valence-electron chi connectivity index (χ4n) is 2.99. The third-order valence-corrected chi connectivity index (χ3v) is 4.26. The average molecular weight is 323 g/mol. The molecular weight excluding hydrogens is 302 g/mol. The maximum atomic E-state index is 12.7. The number of rotatable bonds is 4. The highest BCUT2D eigenvalue weighted by Crippen LogP contribution is 2.20. The number of nitrogens with one attached hydrogen (secondary N) is 1. The molecule has 1 fully saturated rings. The topological polar surface area (TPSA) is 62.3 Å². The van der Waals surface area contributed by atoms with E-state index in [2.05, 4.69) is 10.3 Å². The molecule has 1 atom stereocenters. The number of likely N-dealkylation sites (tertiary alicyclic amines) is 1. The van der Waals surface area contributed by atoms with Gasteiger partial charge < -0.3 is 10.2 Å². The van der Waals surface area contributed by atoms with Crippen LogP contribution in [0.1, 0.15) is 35.3 Å². The van der Waals surface area contributed by atoms with Crippen LogP contribution >= 0.6 is 0 Å². The molecule has 24 heavy (non-hydrogen) atoms. The van der Waals surface area contributed by atoms with Gasteiger partial charge in [0.1, 0.15) is 6.04 Å². The van der Waals surface area contributed by atoms with Gasteiger partial charge in [0.15, 0.2) is 0 Å². The van der Waals surface area contributed by atoms with Crippen LogP contribution in [-0.2, 0) is 11.3 Å². The zero-order valence-corrected chi connectivity index (χ0v) is 13.5. The molecule has 1 N–H and O–H groups in total. The summed E-state index contributed by atoms with van der Waals surface area (Å²) >= 11 is 0. The average Bonchev–Trinajstić information content (AvgIpc) is 2.67. The van der Waals surface area contributed by atoms with Crippen molar-refractivity contribution >= 4 is 11.8 Å². The van der Waals surface area contributed by atoms with Gasteiger partial charge in [0, 0.05) is 18.3 Å². The van der Waals surface area contributed by atoms with Crippen LogP contribution in [-0.4, -0.2) is 34.3 Å². The molecule has 2 aromatic rings. The van der Waals surface area contributed by atoms with Gasteiger partial charge in [-0.2, -0.15) is 0 Å². The Hall–Kier alpha value is -2.69. The molecule has 1 aromatic carbocycles. The Balaban J connectivity index is 1.67. The lowest BCUT2D eigenvalue weighted by Gasteiger charge is -2.34. The summed E-state index contributed by atoms with van der Waals surface area (Å²) in [6.45, 7) is 0.999. The van der Waals surface area contributed by atoms with Gasteiger partial charge in [-0.1, -0.05) is 24.3 Å². The largest absolute Gasteiger partial charge is 0.349 e. The molecule has 1 aliphatic rings. The molecule has 5 heteroatoms. The smallest absolute Gasteiger partial charge is 0.254 e. The van der Waals surface area contributed by atoms with Crippen LogP contribution in [0.3, 0.4) is 0 Å². The van der Waals surface area contributed by atoms with Gasteiger partial charge in [-0.25, -0.2) is 0 Å². The van der Waals surface area contributed by atoms with Crippen LogP contribution in [0.25, 0.3) is 0 Å². The van der Waals surface area contributed by atoms with E-state index in [4.69, 9.17) is 0 Å². The Morgan fingerprint density at radius 3 is 2.62 bits per heavy atom. The number of piperidine rings is 1. The molecule has 5 nitrogen and oxygen atoms in total. The Labute approximate surface area is 141 Å². The number of benzene rings is 1. The van der Waals surface area contributed by atoms with Crippen molar-refractivity contribution in [2.75, 3.05) is 6.54 Å². The molecule has 124 valence electrons. The molecule has 2 amide bonds. The molecule has 1 aromatic heterocycles. The molecule has 1 unspecified atom stereocenters. The molecule has 1 aliphatic heterocycles. The summed E-state index contributed by atoms with van der Waals surface area (Å²) in [5, 5.41) is 2.91. The normalized spacial score (nSPS) is 17.3. The summed E-state index contributed by atoms with van der Waals surface area (Å²) in [6, 6.07) is 14.3. The Morgan fingerprint density at radius 2 is 1.88 bits per heavy atom. The second kappa shape index (κ2) is 7.73. The van der Waals surface area contributed by atoms with Gasteiger partial charge in [-0.15, -0.1) is 0 Å². The second-order valence-electron chi connectivity index (χ2n) is 5.92. The van der Waals surface area contributed by atoms with Crippen molar-refractivity contribution in [3.63, 3.8) is 0 Å². The van der Waals surface area contributed by atoms with E-state index < -0.39 is 6.04 Å². The first kappa shape index (κ1) is 16.2.